The molecule has 0 fully saturated rings. The van der Waals surface area contributed by atoms with Gasteiger partial charge in [-0.3, -0.25) is 4.79 Å². The molecule has 0 saturated heterocycles. The summed E-state index contributed by atoms with van der Waals surface area (Å²) in [6.07, 6.45) is 3.71. The number of hydrogen-bond donors (Lipinski definition) is 0. The molecule has 1 atom stereocenters. The van der Waals surface area contributed by atoms with Crippen molar-refractivity contribution in [2.75, 3.05) is 25.2 Å². The summed E-state index contributed by atoms with van der Waals surface area (Å²) in [7, 11) is 1.56. The summed E-state index contributed by atoms with van der Waals surface area (Å²) < 4.78 is 15.9. The molecule has 6 nitrogen and oxygen atoms in total. The van der Waals surface area contributed by atoms with Crippen LogP contribution in [0.2, 0.25) is 0 Å². The van der Waals surface area contributed by atoms with Crippen molar-refractivity contribution in [2.45, 2.75) is 26.3 Å². The third kappa shape index (κ3) is 4.77. The zero-order chi connectivity index (χ0) is 20.8. The number of methoxy groups -OCH3 is 1. The maximum absolute atomic E-state index is 12.6. The normalized spacial score (nSPS) is 15.3. The first-order valence-corrected chi connectivity index (χ1v) is 9.59. The summed E-state index contributed by atoms with van der Waals surface area (Å²) >= 11 is 0. The number of benzene rings is 2. The second-order valence-electron chi connectivity index (χ2n) is 6.73. The maximum atomic E-state index is 12.6. The molecule has 1 heterocycles. The van der Waals surface area contributed by atoms with Crippen LogP contribution in [0, 0.1) is 0 Å². The Hall–Kier alpha value is -3.28. The minimum Gasteiger partial charge on any atom is -0.493 e. The van der Waals surface area contributed by atoms with Gasteiger partial charge in [-0.1, -0.05) is 24.3 Å². The van der Waals surface area contributed by atoms with Crippen molar-refractivity contribution in [1.82, 2.24) is 0 Å². The Kier molecular flexibility index (Phi) is 6.54. The average molecular weight is 395 g/mol. The van der Waals surface area contributed by atoms with Gasteiger partial charge in [0.1, 0.15) is 0 Å². The zero-order valence-electron chi connectivity index (χ0n) is 16.9. The van der Waals surface area contributed by atoms with E-state index in [1.54, 1.807) is 30.2 Å². The predicted octanol–water partition coefficient (Wildman–Crippen LogP) is 3.63. The minimum atomic E-state index is -0.577. The van der Waals surface area contributed by atoms with Gasteiger partial charge in [-0.2, -0.15) is 0 Å². The van der Waals surface area contributed by atoms with Gasteiger partial charge in [-0.05, 0) is 55.7 Å². The Morgan fingerprint density at radius 2 is 1.97 bits per heavy atom. The molecular weight excluding hydrogens is 370 g/mol. The van der Waals surface area contributed by atoms with E-state index in [9.17, 15) is 9.59 Å². The third-order valence-corrected chi connectivity index (χ3v) is 4.71. The van der Waals surface area contributed by atoms with Gasteiger partial charge in [0.25, 0.3) is 5.91 Å². The standard InChI is InChI=1S/C23H25NO5/c1-4-28-20-11-9-17(14-21(20)27-3)10-12-23(26)29-15-22(25)24-16(2)13-18-7-5-6-8-19(18)24/h5-12,14,16H,4,13,15H2,1-3H3/b12-10+/t16-/m1/s1. The largest absolute Gasteiger partial charge is 0.493 e. The van der Waals surface area contributed by atoms with Crippen LogP contribution in [-0.4, -0.2) is 38.2 Å². The van der Waals surface area contributed by atoms with Crippen molar-refractivity contribution in [1.29, 1.82) is 0 Å². The van der Waals surface area contributed by atoms with E-state index in [0.717, 1.165) is 23.2 Å². The van der Waals surface area contributed by atoms with Crippen LogP contribution in [0.5, 0.6) is 11.5 Å². The van der Waals surface area contributed by atoms with E-state index in [-0.39, 0.29) is 18.6 Å². The van der Waals surface area contributed by atoms with E-state index >= 15 is 0 Å². The van der Waals surface area contributed by atoms with Crippen LogP contribution in [0.15, 0.2) is 48.5 Å². The lowest BCUT2D eigenvalue weighted by molar-refractivity contribution is -0.143. The lowest BCUT2D eigenvalue weighted by Gasteiger charge is -2.22. The van der Waals surface area contributed by atoms with Gasteiger partial charge in [0.05, 0.1) is 13.7 Å². The van der Waals surface area contributed by atoms with Gasteiger partial charge < -0.3 is 19.1 Å². The number of hydrogen-bond acceptors (Lipinski definition) is 5. The number of carbonyl (C=O) groups excluding carboxylic acids is 2. The molecule has 1 aliphatic rings. The fourth-order valence-corrected chi connectivity index (χ4v) is 3.42. The number of nitrogens with zero attached hydrogens (tertiary/aromatic N) is 1. The molecule has 0 aromatic heterocycles. The molecule has 0 spiro atoms. The minimum absolute atomic E-state index is 0.0467. The van der Waals surface area contributed by atoms with Gasteiger partial charge in [-0.15, -0.1) is 0 Å². The highest BCUT2D eigenvalue weighted by molar-refractivity contribution is 5.98. The smallest absolute Gasteiger partial charge is 0.331 e. The van der Waals surface area contributed by atoms with Gasteiger partial charge in [0, 0.05) is 17.8 Å². The van der Waals surface area contributed by atoms with Crippen LogP contribution in [-0.2, 0) is 20.7 Å². The molecule has 6 heteroatoms. The van der Waals surface area contributed by atoms with Crippen molar-refractivity contribution in [2.24, 2.45) is 0 Å². The van der Waals surface area contributed by atoms with Crippen molar-refractivity contribution in [3.05, 3.63) is 59.7 Å². The molecular formula is C23H25NO5. The van der Waals surface area contributed by atoms with Crippen molar-refractivity contribution in [3.8, 4) is 11.5 Å². The summed E-state index contributed by atoms with van der Waals surface area (Å²) in [5.41, 5.74) is 2.78. The van der Waals surface area contributed by atoms with Gasteiger partial charge in [0.15, 0.2) is 18.1 Å². The quantitative estimate of drug-likeness (QED) is 0.529. The SMILES string of the molecule is CCOc1ccc(/C=C/C(=O)OCC(=O)N2c3ccccc3C[C@H]2C)cc1OC. The highest BCUT2D eigenvalue weighted by Crippen LogP contribution is 2.32. The van der Waals surface area contributed by atoms with Gasteiger partial charge in [-0.25, -0.2) is 4.79 Å². The predicted molar refractivity (Wildman–Crippen MR) is 111 cm³/mol. The average Bonchev–Trinajstić information content (AvgIpc) is 3.07. The molecule has 0 bridgehead atoms. The third-order valence-electron chi connectivity index (χ3n) is 4.71. The van der Waals surface area contributed by atoms with E-state index in [2.05, 4.69) is 0 Å². The van der Waals surface area contributed by atoms with Crippen molar-refractivity contribution >= 4 is 23.6 Å². The number of amides is 1. The van der Waals surface area contributed by atoms with E-state index in [1.165, 1.54) is 6.08 Å². The second kappa shape index (κ2) is 9.28. The molecule has 0 N–H and O–H groups in total. The van der Waals surface area contributed by atoms with E-state index < -0.39 is 5.97 Å². The Balaban J connectivity index is 1.58. The molecule has 0 unspecified atom stereocenters. The van der Waals surface area contributed by atoms with Gasteiger partial charge >= 0.3 is 5.97 Å². The van der Waals surface area contributed by atoms with E-state index in [4.69, 9.17) is 14.2 Å². The first-order valence-electron chi connectivity index (χ1n) is 9.59. The molecule has 2 aromatic carbocycles. The highest BCUT2D eigenvalue weighted by atomic mass is 16.5. The first kappa shape index (κ1) is 20.5. The topological polar surface area (TPSA) is 65.1 Å². The Labute approximate surface area is 170 Å². The number of esters is 1. The molecule has 0 radical (unpaired) electrons. The molecule has 1 amide bonds. The van der Waals surface area contributed by atoms with Crippen LogP contribution >= 0.6 is 0 Å². The Morgan fingerprint density at radius 1 is 1.17 bits per heavy atom. The number of anilines is 1. The first-order chi connectivity index (χ1) is 14.0. The Bertz CT molecular complexity index is 921. The zero-order valence-corrected chi connectivity index (χ0v) is 16.9. The van der Waals surface area contributed by atoms with Crippen molar-refractivity contribution < 1.29 is 23.8 Å². The molecule has 0 aliphatic carbocycles. The highest BCUT2D eigenvalue weighted by Gasteiger charge is 2.30. The molecule has 29 heavy (non-hydrogen) atoms. The fourth-order valence-electron chi connectivity index (χ4n) is 3.42. The lowest BCUT2D eigenvalue weighted by atomic mass is 10.1. The summed E-state index contributed by atoms with van der Waals surface area (Å²) in [4.78, 5) is 26.3. The summed E-state index contributed by atoms with van der Waals surface area (Å²) in [5.74, 6) is 0.415. The summed E-state index contributed by atoms with van der Waals surface area (Å²) in [6.45, 7) is 4.12. The molecule has 0 saturated carbocycles. The lowest BCUT2D eigenvalue weighted by Crippen LogP contribution is -2.38. The maximum Gasteiger partial charge on any atom is 0.331 e. The molecule has 152 valence electrons. The van der Waals surface area contributed by atoms with Crippen LogP contribution in [0.4, 0.5) is 5.69 Å². The number of para-hydroxylation sites is 1. The molecule has 3 rings (SSSR count). The Morgan fingerprint density at radius 3 is 2.72 bits per heavy atom. The van der Waals surface area contributed by atoms with Crippen LogP contribution in [0.1, 0.15) is 25.0 Å². The molecule has 1 aliphatic heterocycles. The number of carbonyl (C=O) groups is 2. The molecule has 2 aromatic rings. The van der Waals surface area contributed by atoms with Crippen LogP contribution < -0.4 is 14.4 Å². The number of fused-ring (bicyclic) bond motifs is 1. The van der Waals surface area contributed by atoms with E-state index in [1.807, 2.05) is 44.2 Å². The van der Waals surface area contributed by atoms with Crippen molar-refractivity contribution in [3.63, 3.8) is 0 Å². The van der Waals surface area contributed by atoms with Gasteiger partial charge in [0.2, 0.25) is 0 Å². The number of ether oxygens (including phenoxy) is 3. The van der Waals surface area contributed by atoms with E-state index in [0.29, 0.717) is 18.1 Å². The fraction of sp³-hybridized carbons (Fsp3) is 0.304. The van der Waals surface area contributed by atoms with Crippen LogP contribution in [0.25, 0.3) is 6.08 Å². The monoisotopic (exact) mass is 395 g/mol. The second-order valence-corrected chi connectivity index (χ2v) is 6.73. The number of rotatable bonds is 7. The summed E-state index contributed by atoms with van der Waals surface area (Å²) in [5, 5.41) is 0. The summed E-state index contributed by atoms with van der Waals surface area (Å²) in [6, 6.07) is 13.2. The van der Waals surface area contributed by atoms with Crippen LogP contribution in [0.3, 0.4) is 0 Å².